The SMILES string of the molecule is O=c1[nH]c(C(O)N2CCC(c3ccnc4[nH]c(C5CCOCC5)nc34)CC2)ccc1C(F)(F)F. The van der Waals surface area contributed by atoms with Crippen LogP contribution in [0.3, 0.4) is 0 Å². The number of aliphatic hydroxyl groups is 1. The number of rotatable bonds is 4. The number of aromatic nitrogens is 4. The van der Waals surface area contributed by atoms with Gasteiger partial charge in [0.1, 0.15) is 23.1 Å². The number of alkyl halides is 3. The van der Waals surface area contributed by atoms with Gasteiger partial charge in [0.05, 0.1) is 5.69 Å². The van der Waals surface area contributed by atoms with Gasteiger partial charge in [0.15, 0.2) is 5.65 Å². The summed E-state index contributed by atoms with van der Waals surface area (Å²) in [6.45, 7) is 2.51. The number of hydrogen-bond acceptors (Lipinski definition) is 6. The van der Waals surface area contributed by atoms with Gasteiger partial charge in [0.2, 0.25) is 0 Å². The number of aliphatic hydroxyl groups excluding tert-OH is 1. The summed E-state index contributed by atoms with van der Waals surface area (Å²) in [5.41, 5.74) is 0.270. The molecule has 34 heavy (non-hydrogen) atoms. The number of halogens is 3. The van der Waals surface area contributed by atoms with Crippen molar-refractivity contribution in [1.29, 1.82) is 0 Å². The molecule has 1 unspecified atom stereocenters. The molecule has 0 bridgehead atoms. The third-order valence-electron chi connectivity index (χ3n) is 6.87. The van der Waals surface area contributed by atoms with E-state index in [1.165, 1.54) is 0 Å². The Kier molecular flexibility index (Phi) is 6.17. The summed E-state index contributed by atoms with van der Waals surface area (Å²) in [6, 6.07) is 3.82. The van der Waals surface area contributed by atoms with Crippen LogP contribution in [0.5, 0.6) is 0 Å². The fourth-order valence-corrected chi connectivity index (χ4v) is 4.96. The Morgan fingerprint density at radius 1 is 1.06 bits per heavy atom. The van der Waals surface area contributed by atoms with E-state index in [9.17, 15) is 23.1 Å². The lowest BCUT2D eigenvalue weighted by Crippen LogP contribution is -2.37. The summed E-state index contributed by atoms with van der Waals surface area (Å²) in [5.74, 6) is 1.49. The molecule has 8 nitrogen and oxygen atoms in total. The molecule has 2 aliphatic heterocycles. The lowest BCUT2D eigenvalue weighted by Gasteiger charge is -2.35. The molecule has 0 saturated carbocycles. The van der Waals surface area contributed by atoms with Crippen LogP contribution in [0, 0.1) is 0 Å². The molecule has 3 N–H and O–H groups in total. The minimum atomic E-state index is -4.73. The van der Waals surface area contributed by atoms with Gasteiger partial charge in [-0.25, -0.2) is 9.97 Å². The standard InChI is InChI=1S/C23H26F3N5O3/c24-23(25,26)16-1-2-17(28-21(16)32)22(33)31-9-4-13(5-10-31)15-3-8-27-20-18(15)29-19(30-20)14-6-11-34-12-7-14/h1-3,8,13-14,22,33H,4-7,9-12H2,(H,28,32)(H,27,29,30). The van der Waals surface area contributed by atoms with Crippen LogP contribution < -0.4 is 5.56 Å². The summed E-state index contributed by atoms with van der Waals surface area (Å²) in [5, 5.41) is 10.7. The Labute approximate surface area is 193 Å². The van der Waals surface area contributed by atoms with Gasteiger partial charge < -0.3 is 19.8 Å². The van der Waals surface area contributed by atoms with E-state index in [0.717, 1.165) is 67.5 Å². The number of pyridine rings is 2. The number of imidazole rings is 1. The fraction of sp³-hybridized carbons (Fsp3) is 0.522. The van der Waals surface area contributed by atoms with E-state index < -0.39 is 23.5 Å². The Morgan fingerprint density at radius 2 is 1.79 bits per heavy atom. The monoisotopic (exact) mass is 477 g/mol. The summed E-state index contributed by atoms with van der Waals surface area (Å²) in [6.07, 6.45) is -0.811. The summed E-state index contributed by atoms with van der Waals surface area (Å²) in [4.78, 5) is 28.5. The second kappa shape index (κ2) is 9.12. The Hall–Kier alpha value is -2.76. The first kappa shape index (κ1) is 23.0. The van der Waals surface area contributed by atoms with E-state index in [1.54, 1.807) is 11.1 Å². The highest BCUT2D eigenvalue weighted by molar-refractivity contribution is 5.75. The van der Waals surface area contributed by atoms with E-state index in [0.29, 0.717) is 25.1 Å². The van der Waals surface area contributed by atoms with Crippen molar-refractivity contribution in [1.82, 2.24) is 24.8 Å². The minimum Gasteiger partial charge on any atom is -0.381 e. The number of aromatic amines is 2. The van der Waals surface area contributed by atoms with Crippen molar-refractivity contribution >= 4 is 11.2 Å². The number of fused-ring (bicyclic) bond motifs is 1. The van der Waals surface area contributed by atoms with Crippen molar-refractivity contribution in [2.45, 2.75) is 49.9 Å². The molecule has 0 spiro atoms. The third-order valence-corrected chi connectivity index (χ3v) is 6.87. The van der Waals surface area contributed by atoms with E-state index in [1.807, 2.05) is 6.07 Å². The maximum absolute atomic E-state index is 12.8. The average Bonchev–Trinajstić information content (AvgIpc) is 3.28. The molecule has 3 aromatic rings. The molecule has 5 rings (SSSR count). The molecule has 1 atom stereocenters. The van der Waals surface area contributed by atoms with Crippen LogP contribution in [0.15, 0.2) is 29.2 Å². The number of piperidine rings is 1. The first-order valence-corrected chi connectivity index (χ1v) is 11.5. The summed E-state index contributed by atoms with van der Waals surface area (Å²) < 4.78 is 44.0. The molecule has 182 valence electrons. The maximum Gasteiger partial charge on any atom is 0.421 e. The van der Waals surface area contributed by atoms with E-state index in [2.05, 4.69) is 15.0 Å². The quantitative estimate of drug-likeness (QED) is 0.532. The van der Waals surface area contributed by atoms with Crippen molar-refractivity contribution in [3.63, 3.8) is 0 Å². The van der Waals surface area contributed by atoms with Gasteiger partial charge in [-0.3, -0.25) is 9.69 Å². The topological polar surface area (TPSA) is 107 Å². The van der Waals surface area contributed by atoms with Gasteiger partial charge in [-0.1, -0.05) is 0 Å². The van der Waals surface area contributed by atoms with Crippen LogP contribution in [0.1, 0.15) is 66.4 Å². The van der Waals surface area contributed by atoms with Crippen LogP contribution in [0.4, 0.5) is 13.2 Å². The van der Waals surface area contributed by atoms with Crippen LogP contribution >= 0.6 is 0 Å². The lowest BCUT2D eigenvalue weighted by atomic mass is 9.89. The molecule has 5 heterocycles. The molecule has 2 fully saturated rings. The highest BCUT2D eigenvalue weighted by Gasteiger charge is 2.35. The van der Waals surface area contributed by atoms with Crippen molar-refractivity contribution in [2.75, 3.05) is 26.3 Å². The van der Waals surface area contributed by atoms with Gasteiger partial charge in [0.25, 0.3) is 5.56 Å². The molecule has 11 heteroatoms. The fourth-order valence-electron chi connectivity index (χ4n) is 4.96. The number of ether oxygens (including phenoxy) is 1. The maximum atomic E-state index is 12.8. The van der Waals surface area contributed by atoms with Gasteiger partial charge in [-0.15, -0.1) is 0 Å². The molecule has 0 amide bonds. The molecule has 2 aliphatic rings. The number of hydrogen-bond donors (Lipinski definition) is 3. The van der Waals surface area contributed by atoms with Gasteiger partial charge >= 0.3 is 6.18 Å². The first-order valence-electron chi connectivity index (χ1n) is 11.5. The van der Waals surface area contributed by atoms with Crippen LogP contribution in [-0.2, 0) is 10.9 Å². The Bertz CT molecular complexity index is 1210. The smallest absolute Gasteiger partial charge is 0.381 e. The minimum absolute atomic E-state index is 0.0520. The lowest BCUT2D eigenvalue weighted by molar-refractivity contribution is -0.138. The molecule has 0 radical (unpaired) electrons. The van der Waals surface area contributed by atoms with Gasteiger partial charge in [-0.05, 0) is 55.4 Å². The number of likely N-dealkylation sites (tertiary alicyclic amines) is 1. The third kappa shape index (κ3) is 4.47. The van der Waals surface area contributed by atoms with E-state index in [4.69, 9.17) is 9.72 Å². The van der Waals surface area contributed by atoms with Crippen LogP contribution in [-0.4, -0.2) is 56.2 Å². The second-order valence-corrected chi connectivity index (χ2v) is 8.94. The first-order chi connectivity index (χ1) is 16.3. The largest absolute Gasteiger partial charge is 0.421 e. The predicted octanol–water partition coefficient (Wildman–Crippen LogP) is 3.43. The van der Waals surface area contributed by atoms with Crippen molar-refractivity contribution in [3.8, 4) is 0 Å². The molecular formula is C23H26F3N5O3. The van der Waals surface area contributed by atoms with E-state index in [-0.39, 0.29) is 11.6 Å². The Morgan fingerprint density at radius 3 is 2.47 bits per heavy atom. The summed E-state index contributed by atoms with van der Waals surface area (Å²) >= 11 is 0. The van der Waals surface area contributed by atoms with Crippen molar-refractivity contribution < 1.29 is 23.0 Å². The Balaban J connectivity index is 1.29. The van der Waals surface area contributed by atoms with Gasteiger partial charge in [-0.2, -0.15) is 13.2 Å². The van der Waals surface area contributed by atoms with Crippen LogP contribution in [0.25, 0.3) is 11.2 Å². The molecular weight excluding hydrogens is 451 g/mol. The molecule has 0 aromatic carbocycles. The second-order valence-electron chi connectivity index (χ2n) is 8.94. The number of H-pyrrole nitrogens is 2. The average molecular weight is 477 g/mol. The predicted molar refractivity (Wildman–Crippen MR) is 117 cm³/mol. The zero-order valence-electron chi connectivity index (χ0n) is 18.4. The molecule has 0 aliphatic carbocycles. The zero-order valence-corrected chi connectivity index (χ0v) is 18.4. The molecule has 2 saturated heterocycles. The highest BCUT2D eigenvalue weighted by Crippen LogP contribution is 2.35. The molecule has 3 aromatic heterocycles. The van der Waals surface area contributed by atoms with Crippen molar-refractivity contribution in [3.05, 3.63) is 57.4 Å². The number of nitrogens with one attached hydrogen (secondary N) is 2. The van der Waals surface area contributed by atoms with Crippen LogP contribution in [0.2, 0.25) is 0 Å². The van der Waals surface area contributed by atoms with Crippen molar-refractivity contribution in [2.24, 2.45) is 0 Å². The normalized spacial score (nSPS) is 20.1. The summed E-state index contributed by atoms with van der Waals surface area (Å²) in [7, 11) is 0. The van der Waals surface area contributed by atoms with Gasteiger partial charge in [0, 0.05) is 38.4 Å². The van der Waals surface area contributed by atoms with E-state index >= 15 is 0 Å². The highest BCUT2D eigenvalue weighted by atomic mass is 19.4. The zero-order chi connectivity index (χ0) is 23.9. The number of nitrogens with zero attached hydrogens (tertiary/aromatic N) is 3.